The van der Waals surface area contributed by atoms with Crippen LogP contribution >= 0.6 is 0 Å². The second-order valence-electron chi connectivity index (χ2n) is 5.47. The van der Waals surface area contributed by atoms with Gasteiger partial charge in [0.05, 0.1) is 31.6 Å². The number of aromatic nitrogens is 3. The van der Waals surface area contributed by atoms with Gasteiger partial charge in [0.15, 0.2) is 0 Å². The lowest BCUT2D eigenvalue weighted by Crippen LogP contribution is -2.15. The first-order valence-electron chi connectivity index (χ1n) is 7.67. The van der Waals surface area contributed by atoms with Gasteiger partial charge in [0.25, 0.3) is 0 Å². The fraction of sp³-hybridized carbons (Fsp3) is 0.438. The van der Waals surface area contributed by atoms with E-state index >= 15 is 0 Å². The van der Waals surface area contributed by atoms with E-state index in [-0.39, 0.29) is 5.91 Å². The smallest absolute Gasteiger partial charge is 0.226 e. The Morgan fingerprint density at radius 1 is 1.48 bits per heavy atom. The molecule has 1 fully saturated rings. The minimum atomic E-state index is -0.0873. The number of aryl methyl sites for hydroxylation is 1. The van der Waals surface area contributed by atoms with Gasteiger partial charge in [0.1, 0.15) is 5.75 Å². The lowest BCUT2D eigenvalue weighted by Gasteiger charge is -2.09. The lowest BCUT2D eigenvalue weighted by atomic mass is 10.1. The minimum absolute atomic E-state index is 0.0873. The summed E-state index contributed by atoms with van der Waals surface area (Å²) in [6, 6.07) is 7.33. The largest absolute Gasteiger partial charge is 0.495 e. The van der Waals surface area contributed by atoms with Crippen LogP contribution in [-0.4, -0.2) is 41.2 Å². The maximum atomic E-state index is 12.1. The molecule has 0 radical (unpaired) electrons. The van der Waals surface area contributed by atoms with E-state index in [4.69, 9.17) is 9.47 Å². The standard InChI is InChI=1S/C16H20N4O3/c1-22-15-5-3-2-4-13(15)17-16(21)6-8-20-10-14(18-19-20)12-7-9-23-11-12/h2-5,10,12H,6-9,11H2,1H3,(H,17,21)/t12-/m1/s1. The highest BCUT2D eigenvalue weighted by atomic mass is 16.5. The second kappa shape index (κ2) is 7.23. The van der Waals surface area contributed by atoms with Crippen LogP contribution in [0.25, 0.3) is 0 Å². The lowest BCUT2D eigenvalue weighted by molar-refractivity contribution is -0.116. The third-order valence-electron chi connectivity index (χ3n) is 3.85. The summed E-state index contributed by atoms with van der Waals surface area (Å²) < 4.78 is 12.3. The van der Waals surface area contributed by atoms with Gasteiger partial charge in [-0.3, -0.25) is 9.48 Å². The van der Waals surface area contributed by atoms with Crippen molar-refractivity contribution in [1.29, 1.82) is 0 Å². The summed E-state index contributed by atoms with van der Waals surface area (Å²) in [5.74, 6) is 0.882. The molecule has 1 N–H and O–H groups in total. The number of carbonyl (C=O) groups excluding carboxylic acids is 1. The first kappa shape index (κ1) is 15.5. The van der Waals surface area contributed by atoms with E-state index in [0.717, 1.165) is 18.7 Å². The van der Waals surface area contributed by atoms with Crippen molar-refractivity contribution in [1.82, 2.24) is 15.0 Å². The van der Waals surface area contributed by atoms with Gasteiger partial charge in [0.2, 0.25) is 5.91 Å². The van der Waals surface area contributed by atoms with Crippen molar-refractivity contribution in [3.05, 3.63) is 36.2 Å². The molecule has 0 spiro atoms. The molecule has 0 bridgehead atoms. The number of amides is 1. The first-order chi connectivity index (χ1) is 11.3. The summed E-state index contributed by atoms with van der Waals surface area (Å²) in [5, 5.41) is 11.1. The molecular weight excluding hydrogens is 296 g/mol. The molecular formula is C16H20N4O3. The van der Waals surface area contributed by atoms with Crippen LogP contribution in [0.3, 0.4) is 0 Å². The van der Waals surface area contributed by atoms with Gasteiger partial charge in [-0.2, -0.15) is 0 Å². The Labute approximate surface area is 134 Å². The highest BCUT2D eigenvalue weighted by molar-refractivity contribution is 5.92. The number of nitrogens with zero attached hydrogens (tertiary/aromatic N) is 3. The van der Waals surface area contributed by atoms with Crippen molar-refractivity contribution in [2.24, 2.45) is 0 Å². The van der Waals surface area contributed by atoms with Crippen molar-refractivity contribution in [3.8, 4) is 5.75 Å². The summed E-state index contributed by atoms with van der Waals surface area (Å²) in [7, 11) is 1.58. The highest BCUT2D eigenvalue weighted by Gasteiger charge is 2.20. The molecule has 1 aliphatic rings. The topological polar surface area (TPSA) is 78.3 Å². The maximum absolute atomic E-state index is 12.1. The quantitative estimate of drug-likeness (QED) is 0.879. The van der Waals surface area contributed by atoms with Crippen LogP contribution in [0.1, 0.15) is 24.5 Å². The first-order valence-corrected chi connectivity index (χ1v) is 7.67. The van der Waals surface area contributed by atoms with Crippen LogP contribution in [0, 0.1) is 0 Å². The minimum Gasteiger partial charge on any atom is -0.495 e. The van der Waals surface area contributed by atoms with Crippen molar-refractivity contribution in [2.75, 3.05) is 25.6 Å². The van der Waals surface area contributed by atoms with Crippen molar-refractivity contribution in [2.45, 2.75) is 25.3 Å². The molecule has 1 amide bonds. The third kappa shape index (κ3) is 3.87. The fourth-order valence-electron chi connectivity index (χ4n) is 2.55. The molecule has 122 valence electrons. The molecule has 1 aliphatic heterocycles. The van der Waals surface area contributed by atoms with Gasteiger partial charge in [-0.25, -0.2) is 0 Å². The average Bonchev–Trinajstić information content (AvgIpc) is 3.24. The van der Waals surface area contributed by atoms with E-state index in [1.54, 1.807) is 11.8 Å². The molecule has 2 aromatic rings. The predicted molar refractivity (Wildman–Crippen MR) is 84.4 cm³/mol. The molecule has 2 heterocycles. The number of hydrogen-bond acceptors (Lipinski definition) is 5. The van der Waals surface area contributed by atoms with E-state index in [2.05, 4.69) is 15.6 Å². The molecule has 1 aromatic carbocycles. The Bertz CT molecular complexity index is 665. The van der Waals surface area contributed by atoms with Crippen LogP contribution in [0.4, 0.5) is 5.69 Å². The number of carbonyl (C=O) groups is 1. The zero-order chi connectivity index (χ0) is 16.1. The van der Waals surface area contributed by atoms with Crippen molar-refractivity contribution < 1.29 is 14.3 Å². The van der Waals surface area contributed by atoms with Crippen molar-refractivity contribution in [3.63, 3.8) is 0 Å². The molecule has 3 rings (SSSR count). The van der Waals surface area contributed by atoms with Crippen LogP contribution < -0.4 is 10.1 Å². The van der Waals surface area contributed by atoms with E-state index in [1.807, 2.05) is 30.5 Å². The second-order valence-corrected chi connectivity index (χ2v) is 5.47. The van der Waals surface area contributed by atoms with Crippen LogP contribution in [-0.2, 0) is 16.1 Å². The molecule has 1 saturated heterocycles. The van der Waals surface area contributed by atoms with E-state index in [9.17, 15) is 4.79 Å². The molecule has 0 saturated carbocycles. The number of ether oxygens (including phenoxy) is 2. The fourth-order valence-corrected chi connectivity index (χ4v) is 2.55. The zero-order valence-electron chi connectivity index (χ0n) is 13.1. The summed E-state index contributed by atoms with van der Waals surface area (Å²) in [4.78, 5) is 12.1. The van der Waals surface area contributed by atoms with Gasteiger partial charge >= 0.3 is 0 Å². The Morgan fingerprint density at radius 2 is 2.35 bits per heavy atom. The van der Waals surface area contributed by atoms with E-state index < -0.39 is 0 Å². The number of methoxy groups -OCH3 is 1. The van der Waals surface area contributed by atoms with Gasteiger partial charge in [-0.05, 0) is 18.6 Å². The Hall–Kier alpha value is -2.41. The third-order valence-corrected chi connectivity index (χ3v) is 3.85. The molecule has 7 nitrogen and oxygen atoms in total. The van der Waals surface area contributed by atoms with Gasteiger partial charge in [-0.15, -0.1) is 5.10 Å². The van der Waals surface area contributed by atoms with Crippen LogP contribution in [0.15, 0.2) is 30.5 Å². The number of nitrogens with one attached hydrogen (secondary N) is 1. The van der Waals surface area contributed by atoms with Gasteiger partial charge < -0.3 is 14.8 Å². The number of para-hydroxylation sites is 2. The summed E-state index contributed by atoms with van der Waals surface area (Å²) in [6.07, 6.45) is 3.20. The SMILES string of the molecule is COc1ccccc1NC(=O)CCn1cc([C@@H]2CCOC2)nn1. The highest BCUT2D eigenvalue weighted by Crippen LogP contribution is 2.24. The molecule has 0 unspecified atom stereocenters. The maximum Gasteiger partial charge on any atom is 0.226 e. The zero-order valence-corrected chi connectivity index (χ0v) is 13.1. The summed E-state index contributed by atoms with van der Waals surface area (Å²) >= 11 is 0. The molecule has 23 heavy (non-hydrogen) atoms. The Morgan fingerprint density at radius 3 is 3.13 bits per heavy atom. The average molecular weight is 316 g/mol. The van der Waals surface area contributed by atoms with Gasteiger partial charge in [-0.1, -0.05) is 17.3 Å². The molecule has 7 heteroatoms. The summed E-state index contributed by atoms with van der Waals surface area (Å²) in [5.41, 5.74) is 1.61. The summed E-state index contributed by atoms with van der Waals surface area (Å²) in [6.45, 7) is 1.97. The molecule has 0 aliphatic carbocycles. The van der Waals surface area contributed by atoms with Crippen LogP contribution in [0.2, 0.25) is 0 Å². The van der Waals surface area contributed by atoms with Crippen molar-refractivity contribution >= 4 is 11.6 Å². The van der Waals surface area contributed by atoms with E-state index in [1.165, 1.54) is 0 Å². The Balaban J connectivity index is 1.52. The molecule has 1 atom stereocenters. The normalized spacial score (nSPS) is 17.2. The number of hydrogen-bond donors (Lipinski definition) is 1. The monoisotopic (exact) mass is 316 g/mol. The Kier molecular flexibility index (Phi) is 4.87. The number of rotatable bonds is 6. The molecule has 1 aromatic heterocycles. The number of anilines is 1. The van der Waals surface area contributed by atoms with E-state index in [0.29, 0.717) is 36.9 Å². The van der Waals surface area contributed by atoms with Crippen LogP contribution in [0.5, 0.6) is 5.75 Å². The van der Waals surface area contributed by atoms with Gasteiger partial charge in [0, 0.05) is 25.1 Å². The number of benzene rings is 1. The predicted octanol–water partition coefficient (Wildman–Crippen LogP) is 1.82.